The van der Waals surface area contributed by atoms with Crippen molar-refractivity contribution in [2.75, 3.05) is 19.8 Å². The zero-order chi connectivity index (χ0) is 12.1. The van der Waals surface area contributed by atoms with Crippen LogP contribution in [0.3, 0.4) is 0 Å². The Bertz CT molecular complexity index is 371. The minimum absolute atomic E-state index is 0.130. The topological polar surface area (TPSA) is 68.2 Å². The van der Waals surface area contributed by atoms with Crippen molar-refractivity contribution < 1.29 is 9.53 Å². The lowest BCUT2D eigenvalue weighted by Crippen LogP contribution is -2.43. The summed E-state index contributed by atoms with van der Waals surface area (Å²) in [6, 6.07) is 0.0258. The van der Waals surface area contributed by atoms with E-state index in [4.69, 9.17) is 4.74 Å². The molecule has 2 N–H and O–H groups in total. The molecule has 0 aromatic carbocycles. The highest BCUT2D eigenvalue weighted by Gasteiger charge is 2.17. The number of carbonyl (C=O) groups excluding carboxylic acids is 1. The Morgan fingerprint density at radius 2 is 2.59 bits per heavy atom. The van der Waals surface area contributed by atoms with E-state index in [-0.39, 0.29) is 12.1 Å². The lowest BCUT2D eigenvalue weighted by Gasteiger charge is -2.11. The fourth-order valence-electron chi connectivity index (χ4n) is 1.81. The van der Waals surface area contributed by atoms with E-state index in [1.54, 1.807) is 6.20 Å². The molecule has 0 radical (unpaired) electrons. The Morgan fingerprint density at radius 1 is 1.71 bits per heavy atom. The molecule has 1 saturated heterocycles. The molecule has 1 aromatic rings. The van der Waals surface area contributed by atoms with Crippen molar-refractivity contribution in [2.45, 2.75) is 18.9 Å². The summed E-state index contributed by atoms with van der Waals surface area (Å²) >= 11 is 0. The zero-order valence-electron chi connectivity index (χ0n) is 9.98. The number of carbonyl (C=O) groups is 1. The SMILES string of the molecule is Cn1ccnc1CCNC(=O)NC1CCOC1. The van der Waals surface area contributed by atoms with Gasteiger partial charge in [0.1, 0.15) is 5.82 Å². The molecule has 1 aliphatic rings. The molecule has 0 spiro atoms. The number of nitrogens with zero attached hydrogens (tertiary/aromatic N) is 2. The first-order valence-electron chi connectivity index (χ1n) is 5.84. The number of urea groups is 1. The second-order valence-corrected chi connectivity index (χ2v) is 4.17. The van der Waals surface area contributed by atoms with E-state index in [1.165, 1.54) is 0 Å². The van der Waals surface area contributed by atoms with Crippen LogP contribution in [0, 0.1) is 0 Å². The molecule has 1 fully saturated rings. The van der Waals surface area contributed by atoms with Crippen molar-refractivity contribution in [3.63, 3.8) is 0 Å². The van der Waals surface area contributed by atoms with E-state index in [0.717, 1.165) is 25.3 Å². The molecule has 1 aliphatic heterocycles. The molecule has 17 heavy (non-hydrogen) atoms. The average molecular weight is 238 g/mol. The number of hydrogen-bond donors (Lipinski definition) is 2. The highest BCUT2D eigenvalue weighted by atomic mass is 16.5. The number of ether oxygens (including phenoxy) is 1. The van der Waals surface area contributed by atoms with Crippen LogP contribution in [0.25, 0.3) is 0 Å². The van der Waals surface area contributed by atoms with E-state index in [2.05, 4.69) is 15.6 Å². The van der Waals surface area contributed by atoms with Gasteiger partial charge in [-0.2, -0.15) is 0 Å². The maximum Gasteiger partial charge on any atom is 0.315 e. The summed E-state index contributed by atoms with van der Waals surface area (Å²) in [5.74, 6) is 0.967. The number of imidazole rings is 1. The van der Waals surface area contributed by atoms with Gasteiger partial charge in [0.25, 0.3) is 0 Å². The number of nitrogens with one attached hydrogen (secondary N) is 2. The molecule has 6 heteroatoms. The first-order chi connectivity index (χ1) is 8.25. The molecule has 2 rings (SSSR count). The third kappa shape index (κ3) is 3.45. The van der Waals surface area contributed by atoms with Crippen molar-refractivity contribution >= 4 is 6.03 Å². The molecular weight excluding hydrogens is 220 g/mol. The first-order valence-corrected chi connectivity index (χ1v) is 5.84. The molecule has 0 saturated carbocycles. The highest BCUT2D eigenvalue weighted by Crippen LogP contribution is 2.02. The van der Waals surface area contributed by atoms with Gasteiger partial charge in [0.05, 0.1) is 12.6 Å². The third-order valence-electron chi connectivity index (χ3n) is 2.82. The van der Waals surface area contributed by atoms with E-state index >= 15 is 0 Å². The largest absolute Gasteiger partial charge is 0.379 e. The van der Waals surface area contributed by atoms with Gasteiger partial charge in [-0.15, -0.1) is 0 Å². The van der Waals surface area contributed by atoms with Crippen molar-refractivity contribution in [2.24, 2.45) is 7.05 Å². The smallest absolute Gasteiger partial charge is 0.315 e. The number of rotatable bonds is 4. The Hall–Kier alpha value is -1.56. The second-order valence-electron chi connectivity index (χ2n) is 4.17. The summed E-state index contributed by atoms with van der Waals surface area (Å²) in [5.41, 5.74) is 0. The number of amides is 2. The van der Waals surface area contributed by atoms with Crippen LogP contribution in [0.4, 0.5) is 4.79 Å². The zero-order valence-corrected chi connectivity index (χ0v) is 9.98. The van der Waals surface area contributed by atoms with Crippen LogP contribution >= 0.6 is 0 Å². The summed E-state index contributed by atoms with van der Waals surface area (Å²) < 4.78 is 7.13. The van der Waals surface area contributed by atoms with Gasteiger partial charge >= 0.3 is 6.03 Å². The van der Waals surface area contributed by atoms with Gasteiger partial charge in [0.2, 0.25) is 0 Å². The number of aromatic nitrogens is 2. The lowest BCUT2D eigenvalue weighted by molar-refractivity contribution is 0.188. The van der Waals surface area contributed by atoms with Gasteiger partial charge in [0.15, 0.2) is 0 Å². The van der Waals surface area contributed by atoms with Crippen LogP contribution in [-0.2, 0) is 18.2 Å². The maximum atomic E-state index is 11.5. The molecule has 1 aromatic heterocycles. The monoisotopic (exact) mass is 238 g/mol. The fraction of sp³-hybridized carbons (Fsp3) is 0.636. The van der Waals surface area contributed by atoms with Crippen LogP contribution in [0.1, 0.15) is 12.2 Å². The number of hydrogen-bond acceptors (Lipinski definition) is 3. The molecule has 0 bridgehead atoms. The molecule has 0 aliphatic carbocycles. The van der Waals surface area contributed by atoms with E-state index < -0.39 is 0 Å². The van der Waals surface area contributed by atoms with Gasteiger partial charge in [0, 0.05) is 39.0 Å². The highest BCUT2D eigenvalue weighted by molar-refractivity contribution is 5.74. The van der Waals surface area contributed by atoms with Crippen molar-refractivity contribution in [3.05, 3.63) is 18.2 Å². The fourth-order valence-corrected chi connectivity index (χ4v) is 1.81. The lowest BCUT2D eigenvalue weighted by atomic mass is 10.3. The van der Waals surface area contributed by atoms with Gasteiger partial charge in [-0.25, -0.2) is 9.78 Å². The van der Waals surface area contributed by atoms with Gasteiger partial charge in [-0.05, 0) is 6.42 Å². The minimum atomic E-state index is -0.130. The summed E-state index contributed by atoms with van der Waals surface area (Å²) in [6.45, 7) is 1.94. The Labute approximate surface area is 100 Å². The van der Waals surface area contributed by atoms with Gasteiger partial charge in [-0.3, -0.25) is 0 Å². The summed E-state index contributed by atoms with van der Waals surface area (Å²) in [4.78, 5) is 15.7. The average Bonchev–Trinajstić information content (AvgIpc) is 2.91. The predicted molar refractivity (Wildman–Crippen MR) is 62.7 cm³/mol. The van der Waals surface area contributed by atoms with Crippen LogP contribution in [0.15, 0.2) is 12.4 Å². The van der Waals surface area contributed by atoms with Gasteiger partial charge in [-0.1, -0.05) is 0 Å². The summed E-state index contributed by atoms with van der Waals surface area (Å²) in [5, 5.41) is 5.69. The molecule has 6 nitrogen and oxygen atoms in total. The van der Waals surface area contributed by atoms with Crippen LogP contribution < -0.4 is 10.6 Å². The normalized spacial score (nSPS) is 19.2. The van der Waals surface area contributed by atoms with Gasteiger partial charge < -0.3 is 19.9 Å². The quantitative estimate of drug-likeness (QED) is 0.779. The van der Waals surface area contributed by atoms with E-state index in [1.807, 2.05) is 17.8 Å². The standard InChI is InChI=1S/C11H18N4O2/c1-15-6-5-12-10(15)2-4-13-11(16)14-9-3-7-17-8-9/h5-6,9H,2-4,7-8H2,1H3,(H2,13,14,16). The van der Waals surface area contributed by atoms with Crippen LogP contribution in [0.2, 0.25) is 0 Å². The van der Waals surface area contributed by atoms with E-state index in [9.17, 15) is 4.79 Å². The van der Waals surface area contributed by atoms with E-state index in [0.29, 0.717) is 13.2 Å². The molecule has 1 unspecified atom stereocenters. The van der Waals surface area contributed by atoms with Crippen LogP contribution in [-0.4, -0.2) is 41.4 Å². The maximum absolute atomic E-state index is 11.5. The molecule has 94 valence electrons. The summed E-state index contributed by atoms with van der Waals surface area (Å²) in [6.07, 6.45) is 5.28. The van der Waals surface area contributed by atoms with Crippen molar-refractivity contribution in [1.82, 2.24) is 20.2 Å². The number of aryl methyl sites for hydroxylation is 1. The first kappa shape index (κ1) is 11.9. The van der Waals surface area contributed by atoms with Crippen molar-refractivity contribution in [3.8, 4) is 0 Å². The van der Waals surface area contributed by atoms with Crippen LogP contribution in [0.5, 0.6) is 0 Å². The Kier molecular flexibility index (Phi) is 3.98. The third-order valence-corrected chi connectivity index (χ3v) is 2.82. The second kappa shape index (κ2) is 5.67. The van der Waals surface area contributed by atoms with Crippen molar-refractivity contribution in [1.29, 1.82) is 0 Å². The Morgan fingerprint density at radius 3 is 3.24 bits per heavy atom. The molecule has 2 amide bonds. The predicted octanol–water partition coefficient (Wildman–Crippen LogP) is 0.0507. The Balaban J connectivity index is 1.64. The molecular formula is C11H18N4O2. The molecule has 2 heterocycles. The molecule has 1 atom stereocenters. The summed E-state index contributed by atoms with van der Waals surface area (Å²) in [7, 11) is 1.94. The minimum Gasteiger partial charge on any atom is -0.379 e.